The van der Waals surface area contributed by atoms with Gasteiger partial charge in [0.2, 0.25) is 5.95 Å². The van der Waals surface area contributed by atoms with E-state index in [9.17, 15) is 18.0 Å². The van der Waals surface area contributed by atoms with Crippen LogP contribution in [0.4, 0.5) is 29.7 Å². The lowest BCUT2D eigenvalue weighted by Crippen LogP contribution is -2.47. The van der Waals surface area contributed by atoms with Crippen molar-refractivity contribution >= 4 is 17.9 Å². The Hall–Kier alpha value is -2.26. The first-order chi connectivity index (χ1) is 11.5. The molecule has 0 aromatic carbocycles. The Morgan fingerprint density at radius 2 is 2.08 bits per heavy atom. The molecule has 1 aromatic rings. The van der Waals surface area contributed by atoms with Crippen LogP contribution in [0.5, 0.6) is 0 Å². The van der Waals surface area contributed by atoms with Crippen LogP contribution in [-0.2, 0) is 10.9 Å². The number of alkyl halides is 3. The molecule has 2 rings (SSSR count). The van der Waals surface area contributed by atoms with Gasteiger partial charge in [0.1, 0.15) is 17.0 Å². The third kappa shape index (κ3) is 5.36. The van der Waals surface area contributed by atoms with Crippen LogP contribution in [0.15, 0.2) is 6.20 Å². The maximum atomic E-state index is 13.1. The van der Waals surface area contributed by atoms with Gasteiger partial charge in [-0.25, -0.2) is 9.78 Å². The van der Waals surface area contributed by atoms with Gasteiger partial charge >= 0.3 is 12.3 Å². The molecular formula is C15H22F3N5O2. The van der Waals surface area contributed by atoms with Crippen molar-refractivity contribution < 1.29 is 22.7 Å². The molecule has 2 heterocycles. The van der Waals surface area contributed by atoms with Gasteiger partial charge in [0.15, 0.2) is 0 Å². The Balaban J connectivity index is 2.11. The molecule has 1 atom stereocenters. The van der Waals surface area contributed by atoms with Crippen LogP contribution in [0.2, 0.25) is 0 Å². The van der Waals surface area contributed by atoms with E-state index < -0.39 is 29.5 Å². The van der Waals surface area contributed by atoms with E-state index in [0.717, 1.165) is 0 Å². The highest BCUT2D eigenvalue weighted by Gasteiger charge is 2.36. The fraction of sp³-hybridized carbons (Fsp3) is 0.667. The fourth-order valence-electron chi connectivity index (χ4n) is 2.49. The number of piperidine rings is 1. The number of carbonyl (C=O) groups is 1. The summed E-state index contributed by atoms with van der Waals surface area (Å²) in [5, 5.41) is 2.74. The maximum absolute atomic E-state index is 13.1. The van der Waals surface area contributed by atoms with Gasteiger partial charge in [-0.15, -0.1) is 0 Å². The second kappa shape index (κ2) is 6.93. The van der Waals surface area contributed by atoms with Gasteiger partial charge in [0.05, 0.1) is 0 Å². The van der Waals surface area contributed by atoms with Crippen molar-refractivity contribution in [2.45, 2.75) is 51.4 Å². The Morgan fingerprint density at radius 1 is 1.40 bits per heavy atom. The van der Waals surface area contributed by atoms with Gasteiger partial charge in [0.25, 0.3) is 0 Å². The van der Waals surface area contributed by atoms with Gasteiger partial charge in [0, 0.05) is 25.3 Å². The number of carbonyl (C=O) groups excluding carboxylic acids is 1. The molecular weight excluding hydrogens is 339 g/mol. The topological polar surface area (TPSA) is 93.4 Å². The highest BCUT2D eigenvalue weighted by Crippen LogP contribution is 2.34. The van der Waals surface area contributed by atoms with Crippen LogP contribution in [0.25, 0.3) is 0 Å². The number of nitrogen functional groups attached to an aromatic ring is 1. The molecule has 1 aliphatic rings. The molecule has 0 radical (unpaired) electrons. The number of halogens is 3. The number of anilines is 2. The molecule has 1 aromatic heterocycles. The molecule has 0 unspecified atom stereocenters. The number of nitrogens with zero attached hydrogens (tertiary/aromatic N) is 3. The first kappa shape index (κ1) is 19.1. The van der Waals surface area contributed by atoms with Crippen molar-refractivity contribution in [3.8, 4) is 0 Å². The normalized spacial score (nSPS) is 18.8. The second-order valence-corrected chi connectivity index (χ2v) is 6.90. The van der Waals surface area contributed by atoms with E-state index in [-0.39, 0.29) is 18.3 Å². The van der Waals surface area contributed by atoms with Crippen molar-refractivity contribution in [2.24, 2.45) is 0 Å². The highest BCUT2D eigenvalue weighted by molar-refractivity contribution is 5.68. The van der Waals surface area contributed by atoms with Crippen molar-refractivity contribution in [2.75, 3.05) is 24.1 Å². The number of likely N-dealkylation sites (tertiary alicyclic amines) is 1. The standard InChI is InChI=1S/C15H22F3N5O2/c1-14(2,3)25-13(24)23-6-4-5-9(8-23)21-11-10(15(16,17)18)7-20-12(19)22-11/h7,9H,4-6,8H2,1-3H3,(H3,19,20,21,22)/t9-/m1/s1. The summed E-state index contributed by atoms with van der Waals surface area (Å²) in [6, 6.07) is -0.392. The summed E-state index contributed by atoms with van der Waals surface area (Å²) in [6.07, 6.45) is -3.20. The number of nitrogens with one attached hydrogen (secondary N) is 1. The Bertz CT molecular complexity index is 631. The maximum Gasteiger partial charge on any atom is 0.421 e. The Labute approximate surface area is 143 Å². The third-order valence-electron chi connectivity index (χ3n) is 3.53. The molecule has 10 heteroatoms. The number of rotatable bonds is 2. The molecule has 7 nitrogen and oxygen atoms in total. The van der Waals surface area contributed by atoms with Crippen LogP contribution in [-0.4, -0.2) is 45.7 Å². The summed E-state index contributed by atoms with van der Waals surface area (Å²) in [5.41, 5.74) is 3.78. The highest BCUT2D eigenvalue weighted by atomic mass is 19.4. The molecule has 0 bridgehead atoms. The van der Waals surface area contributed by atoms with Crippen LogP contribution in [0.3, 0.4) is 0 Å². The lowest BCUT2D eigenvalue weighted by atomic mass is 10.1. The predicted octanol–water partition coefficient (Wildman–Crippen LogP) is 2.89. The number of nitrogens with two attached hydrogens (primary N) is 1. The second-order valence-electron chi connectivity index (χ2n) is 6.90. The quantitative estimate of drug-likeness (QED) is 0.841. The van der Waals surface area contributed by atoms with E-state index in [1.165, 1.54) is 4.90 Å². The van der Waals surface area contributed by atoms with E-state index in [4.69, 9.17) is 10.5 Å². The lowest BCUT2D eigenvalue weighted by Gasteiger charge is -2.34. The van der Waals surface area contributed by atoms with E-state index in [2.05, 4.69) is 15.3 Å². The summed E-state index contributed by atoms with van der Waals surface area (Å²) in [6.45, 7) is 5.97. The first-order valence-electron chi connectivity index (χ1n) is 7.90. The lowest BCUT2D eigenvalue weighted by molar-refractivity contribution is -0.137. The molecule has 140 valence electrons. The zero-order valence-electron chi connectivity index (χ0n) is 14.4. The SMILES string of the molecule is CC(C)(C)OC(=O)N1CCC[C@@H](Nc2nc(N)ncc2C(F)(F)F)C1. The predicted molar refractivity (Wildman–Crippen MR) is 85.9 cm³/mol. The summed E-state index contributed by atoms with van der Waals surface area (Å²) < 4.78 is 44.5. The van der Waals surface area contributed by atoms with Crippen LogP contribution < -0.4 is 11.1 Å². The number of aromatic nitrogens is 2. The van der Waals surface area contributed by atoms with Crippen molar-refractivity contribution in [3.05, 3.63) is 11.8 Å². The summed E-state index contributed by atoms with van der Waals surface area (Å²) in [5.74, 6) is -0.633. The minimum Gasteiger partial charge on any atom is -0.444 e. The van der Waals surface area contributed by atoms with Gasteiger partial charge < -0.3 is 20.7 Å². The molecule has 0 spiro atoms. The van der Waals surface area contributed by atoms with Gasteiger partial charge in [-0.05, 0) is 33.6 Å². The van der Waals surface area contributed by atoms with Gasteiger partial charge in [-0.3, -0.25) is 0 Å². The van der Waals surface area contributed by atoms with E-state index in [1.807, 2.05) is 0 Å². The summed E-state index contributed by atoms with van der Waals surface area (Å²) >= 11 is 0. The average molecular weight is 361 g/mol. The van der Waals surface area contributed by atoms with E-state index in [0.29, 0.717) is 25.6 Å². The van der Waals surface area contributed by atoms with E-state index in [1.54, 1.807) is 20.8 Å². The minimum atomic E-state index is -4.60. The molecule has 1 amide bonds. The zero-order chi connectivity index (χ0) is 18.8. The molecule has 1 saturated heterocycles. The van der Waals surface area contributed by atoms with Gasteiger partial charge in [-0.1, -0.05) is 0 Å². The molecule has 3 N–H and O–H groups in total. The number of amides is 1. The molecule has 0 aliphatic carbocycles. The average Bonchev–Trinajstić information content (AvgIpc) is 2.44. The number of hydrogen-bond acceptors (Lipinski definition) is 6. The largest absolute Gasteiger partial charge is 0.444 e. The molecule has 1 fully saturated rings. The van der Waals surface area contributed by atoms with Crippen molar-refractivity contribution in [1.29, 1.82) is 0 Å². The first-order valence-corrected chi connectivity index (χ1v) is 7.90. The van der Waals surface area contributed by atoms with Crippen molar-refractivity contribution in [3.63, 3.8) is 0 Å². The van der Waals surface area contributed by atoms with Crippen LogP contribution >= 0.6 is 0 Å². The molecule has 1 aliphatic heterocycles. The monoisotopic (exact) mass is 361 g/mol. The zero-order valence-corrected chi connectivity index (χ0v) is 14.4. The number of hydrogen-bond donors (Lipinski definition) is 2. The smallest absolute Gasteiger partial charge is 0.421 e. The van der Waals surface area contributed by atoms with Crippen LogP contribution in [0, 0.1) is 0 Å². The Morgan fingerprint density at radius 3 is 2.68 bits per heavy atom. The number of ether oxygens (including phenoxy) is 1. The molecule has 0 saturated carbocycles. The molecule has 25 heavy (non-hydrogen) atoms. The summed E-state index contributed by atoms with van der Waals surface area (Å²) in [7, 11) is 0. The minimum absolute atomic E-state index is 0.218. The van der Waals surface area contributed by atoms with Crippen LogP contribution in [0.1, 0.15) is 39.2 Å². The Kier molecular flexibility index (Phi) is 5.28. The fourth-order valence-corrected chi connectivity index (χ4v) is 2.49. The third-order valence-corrected chi connectivity index (χ3v) is 3.53. The van der Waals surface area contributed by atoms with E-state index >= 15 is 0 Å². The van der Waals surface area contributed by atoms with Gasteiger partial charge in [-0.2, -0.15) is 18.2 Å². The van der Waals surface area contributed by atoms with Crippen molar-refractivity contribution in [1.82, 2.24) is 14.9 Å². The summed E-state index contributed by atoms with van der Waals surface area (Å²) in [4.78, 5) is 20.7.